The summed E-state index contributed by atoms with van der Waals surface area (Å²) in [6.07, 6.45) is 9.16. The van der Waals surface area contributed by atoms with Gasteiger partial charge in [0.1, 0.15) is 5.75 Å². The number of hydrogen-bond acceptors (Lipinski definition) is 4. The third-order valence-corrected chi connectivity index (χ3v) is 9.98. The molecule has 3 aromatic rings. The van der Waals surface area contributed by atoms with Gasteiger partial charge in [-0.15, -0.1) is 0 Å². The fourth-order valence-electron chi connectivity index (χ4n) is 7.85. The Labute approximate surface area is 238 Å². The van der Waals surface area contributed by atoms with E-state index in [9.17, 15) is 9.90 Å². The van der Waals surface area contributed by atoms with Gasteiger partial charge in [0.05, 0.1) is 6.54 Å². The van der Waals surface area contributed by atoms with Crippen molar-refractivity contribution >= 4 is 11.7 Å². The van der Waals surface area contributed by atoms with Crippen molar-refractivity contribution in [3.63, 3.8) is 0 Å². The average molecular weight is 539 g/mol. The Hall–Kier alpha value is -3.31. The summed E-state index contributed by atoms with van der Waals surface area (Å²) in [5.41, 5.74) is 7.09. The molecule has 1 spiro atoms. The topological polar surface area (TPSA) is 64.0 Å². The molecule has 2 aliphatic heterocycles. The number of carboxylic acids is 1. The van der Waals surface area contributed by atoms with E-state index in [4.69, 9.17) is 5.11 Å². The number of anilines is 1. The molecule has 40 heavy (non-hydrogen) atoms. The quantitative estimate of drug-likeness (QED) is 0.374. The summed E-state index contributed by atoms with van der Waals surface area (Å²) in [7, 11) is 0. The minimum atomic E-state index is -0.711. The molecule has 3 aromatic carbocycles. The predicted octanol–water partition coefficient (Wildman–Crippen LogP) is 6.80. The van der Waals surface area contributed by atoms with E-state index < -0.39 is 5.97 Å². The van der Waals surface area contributed by atoms with E-state index >= 15 is 0 Å². The number of aryl methyl sites for hydroxylation is 1. The van der Waals surface area contributed by atoms with Gasteiger partial charge in [0, 0.05) is 24.7 Å². The molecule has 2 saturated heterocycles. The van der Waals surface area contributed by atoms with Crippen LogP contribution >= 0.6 is 0 Å². The molecular formula is C35H42N2O3. The number of fused-ring (bicyclic) bond motifs is 1. The van der Waals surface area contributed by atoms with E-state index in [1.807, 2.05) is 12.1 Å². The van der Waals surface area contributed by atoms with E-state index in [2.05, 4.69) is 70.5 Å². The summed E-state index contributed by atoms with van der Waals surface area (Å²) in [5.74, 6) is 0.346. The van der Waals surface area contributed by atoms with Crippen molar-refractivity contribution in [1.29, 1.82) is 0 Å². The highest BCUT2D eigenvalue weighted by Crippen LogP contribution is 2.47. The molecule has 6 rings (SSSR count). The molecule has 2 fully saturated rings. The van der Waals surface area contributed by atoms with Gasteiger partial charge in [-0.25, -0.2) is 0 Å². The number of benzene rings is 3. The summed E-state index contributed by atoms with van der Waals surface area (Å²) in [6, 6.07) is 26.2. The van der Waals surface area contributed by atoms with E-state index in [-0.39, 0.29) is 12.5 Å². The van der Waals surface area contributed by atoms with E-state index in [0.717, 1.165) is 51.9 Å². The summed E-state index contributed by atoms with van der Waals surface area (Å²) in [5, 5.41) is 19.3. The van der Waals surface area contributed by atoms with Crippen molar-refractivity contribution in [1.82, 2.24) is 4.90 Å². The SMILES string of the molecule is O=C(O)CN1CCCC2(CCC1)CCN(c1ccc([C@@H]3c4ccc(O)cc4CC[C@@H]3c3ccccc3)cc1)CC2. The van der Waals surface area contributed by atoms with Crippen LogP contribution in [0, 0.1) is 5.41 Å². The first-order chi connectivity index (χ1) is 19.5. The lowest BCUT2D eigenvalue weighted by Crippen LogP contribution is -2.42. The summed E-state index contributed by atoms with van der Waals surface area (Å²) in [4.78, 5) is 15.8. The van der Waals surface area contributed by atoms with Crippen LogP contribution in [0.2, 0.25) is 0 Å². The number of phenolic OH excluding ortho intramolecular Hbond substituents is 1. The second-order valence-corrected chi connectivity index (χ2v) is 12.4. The number of likely N-dealkylation sites (tertiary alicyclic amines) is 1. The maximum Gasteiger partial charge on any atom is 0.317 e. The maximum absolute atomic E-state index is 11.1. The third kappa shape index (κ3) is 5.76. The number of hydrogen-bond donors (Lipinski definition) is 2. The lowest BCUT2D eigenvalue weighted by molar-refractivity contribution is -0.138. The largest absolute Gasteiger partial charge is 0.508 e. The van der Waals surface area contributed by atoms with Crippen LogP contribution in [-0.2, 0) is 11.2 Å². The second kappa shape index (κ2) is 11.7. The van der Waals surface area contributed by atoms with Gasteiger partial charge in [0.25, 0.3) is 0 Å². The zero-order chi connectivity index (χ0) is 27.5. The minimum absolute atomic E-state index is 0.178. The number of aliphatic carboxylic acids is 1. The Morgan fingerprint density at radius 2 is 1.52 bits per heavy atom. The molecule has 0 aromatic heterocycles. The smallest absolute Gasteiger partial charge is 0.317 e. The normalized spacial score (nSPS) is 23.2. The summed E-state index contributed by atoms with van der Waals surface area (Å²) < 4.78 is 0. The van der Waals surface area contributed by atoms with Gasteiger partial charge in [0.15, 0.2) is 0 Å². The Morgan fingerprint density at radius 3 is 2.20 bits per heavy atom. The highest BCUT2D eigenvalue weighted by molar-refractivity contribution is 5.69. The Balaban J connectivity index is 1.16. The van der Waals surface area contributed by atoms with Crippen LogP contribution in [0.25, 0.3) is 0 Å². The Bertz CT molecular complexity index is 1290. The molecule has 0 bridgehead atoms. The zero-order valence-electron chi connectivity index (χ0n) is 23.5. The third-order valence-electron chi connectivity index (χ3n) is 9.98. The van der Waals surface area contributed by atoms with E-state index in [1.54, 1.807) is 0 Å². The first-order valence-corrected chi connectivity index (χ1v) is 15.2. The number of piperidine rings is 1. The van der Waals surface area contributed by atoms with Crippen LogP contribution in [0.4, 0.5) is 5.69 Å². The van der Waals surface area contributed by atoms with Crippen LogP contribution < -0.4 is 4.90 Å². The van der Waals surface area contributed by atoms with Gasteiger partial charge in [-0.05, 0) is 122 Å². The van der Waals surface area contributed by atoms with Gasteiger partial charge in [-0.1, -0.05) is 48.5 Å². The molecule has 210 valence electrons. The van der Waals surface area contributed by atoms with E-state index in [0.29, 0.717) is 17.1 Å². The number of carboxylic acid groups (broad SMARTS) is 1. The average Bonchev–Trinajstić information content (AvgIpc) is 2.96. The fraction of sp³-hybridized carbons (Fsp3) is 0.457. The molecule has 2 heterocycles. The first-order valence-electron chi connectivity index (χ1n) is 15.2. The van der Waals surface area contributed by atoms with Gasteiger partial charge in [0.2, 0.25) is 0 Å². The van der Waals surface area contributed by atoms with Crippen molar-refractivity contribution < 1.29 is 15.0 Å². The van der Waals surface area contributed by atoms with Crippen LogP contribution in [0.5, 0.6) is 5.75 Å². The van der Waals surface area contributed by atoms with Crippen molar-refractivity contribution in [2.75, 3.05) is 37.6 Å². The summed E-state index contributed by atoms with van der Waals surface area (Å²) >= 11 is 0. The lowest BCUT2D eigenvalue weighted by atomic mass is 9.69. The van der Waals surface area contributed by atoms with Crippen LogP contribution in [0.1, 0.15) is 79.0 Å². The molecule has 1 aliphatic carbocycles. The molecule has 0 radical (unpaired) electrons. The standard InChI is InChI=1S/C35H42N2O3/c38-30-13-15-32-28(24-30)10-14-31(26-6-2-1-3-7-26)34(32)27-8-11-29(12-9-27)37-22-18-35(19-23-37)16-4-20-36(21-5-17-35)25-33(39)40/h1-3,6-9,11-13,15,24,31,34,38H,4-5,10,14,16-23,25H2,(H,39,40)/t31-,34+/m1/s1. The summed E-state index contributed by atoms with van der Waals surface area (Å²) in [6.45, 7) is 4.19. The molecule has 5 nitrogen and oxygen atoms in total. The molecule has 2 N–H and O–H groups in total. The van der Waals surface area contributed by atoms with Gasteiger partial charge in [-0.2, -0.15) is 0 Å². The highest BCUT2D eigenvalue weighted by Gasteiger charge is 2.36. The monoisotopic (exact) mass is 538 g/mol. The zero-order valence-corrected chi connectivity index (χ0v) is 23.5. The van der Waals surface area contributed by atoms with Gasteiger partial charge >= 0.3 is 5.97 Å². The Kier molecular flexibility index (Phi) is 7.84. The van der Waals surface area contributed by atoms with Gasteiger partial charge < -0.3 is 15.1 Å². The Morgan fingerprint density at radius 1 is 0.825 bits per heavy atom. The van der Waals surface area contributed by atoms with Crippen LogP contribution in [0.3, 0.4) is 0 Å². The predicted molar refractivity (Wildman–Crippen MR) is 160 cm³/mol. The van der Waals surface area contributed by atoms with Crippen LogP contribution in [0.15, 0.2) is 72.8 Å². The molecule has 0 saturated carbocycles. The van der Waals surface area contributed by atoms with E-state index in [1.165, 1.54) is 53.6 Å². The number of nitrogens with zero attached hydrogens (tertiary/aromatic N) is 2. The molecule has 2 atom stereocenters. The molecule has 3 aliphatic rings. The number of phenols is 1. The molecule has 0 amide bonds. The number of aromatic hydroxyl groups is 1. The van der Waals surface area contributed by atoms with Crippen molar-refractivity contribution in [2.45, 2.75) is 63.2 Å². The second-order valence-electron chi connectivity index (χ2n) is 12.4. The first kappa shape index (κ1) is 26.9. The van der Waals surface area contributed by atoms with Crippen molar-refractivity contribution in [3.8, 4) is 5.75 Å². The number of rotatable bonds is 5. The molecular weight excluding hydrogens is 496 g/mol. The minimum Gasteiger partial charge on any atom is -0.508 e. The molecule has 5 heteroatoms. The van der Waals surface area contributed by atoms with Gasteiger partial charge in [-0.3, -0.25) is 9.69 Å². The van der Waals surface area contributed by atoms with Crippen molar-refractivity contribution in [3.05, 3.63) is 95.1 Å². The maximum atomic E-state index is 11.1. The fourth-order valence-corrected chi connectivity index (χ4v) is 7.85. The highest BCUT2D eigenvalue weighted by atomic mass is 16.4. The van der Waals surface area contributed by atoms with Crippen LogP contribution in [-0.4, -0.2) is 53.8 Å². The molecule has 0 unspecified atom stereocenters. The lowest BCUT2D eigenvalue weighted by Gasteiger charge is -2.44. The number of carbonyl (C=O) groups is 1. The van der Waals surface area contributed by atoms with Crippen molar-refractivity contribution in [2.24, 2.45) is 5.41 Å².